The Bertz CT molecular complexity index is 729. The number of hydrogen-bond acceptors (Lipinski definition) is 5. The molecule has 1 aromatic heterocycles. The summed E-state index contributed by atoms with van der Waals surface area (Å²) in [6, 6.07) is 3.58. The first kappa shape index (κ1) is 21.4. The van der Waals surface area contributed by atoms with Gasteiger partial charge in [-0.05, 0) is 72.4 Å². The zero-order valence-electron chi connectivity index (χ0n) is 16.9. The van der Waals surface area contributed by atoms with E-state index in [1.54, 1.807) is 26.8 Å². The number of carbonyl (C=O) groups is 1. The molecule has 0 saturated heterocycles. The van der Waals surface area contributed by atoms with Crippen LogP contribution in [0.5, 0.6) is 0 Å². The molecule has 7 heteroatoms. The lowest BCUT2D eigenvalue weighted by molar-refractivity contribution is 0.0635. The average molecular weight is 392 g/mol. The van der Waals surface area contributed by atoms with E-state index in [0.717, 1.165) is 5.56 Å². The second-order valence-corrected chi connectivity index (χ2v) is 10.5. The van der Waals surface area contributed by atoms with E-state index in [0.29, 0.717) is 17.4 Å². The Morgan fingerprint density at radius 1 is 1.30 bits per heavy atom. The van der Waals surface area contributed by atoms with Crippen molar-refractivity contribution in [2.45, 2.75) is 64.7 Å². The van der Waals surface area contributed by atoms with Gasteiger partial charge < -0.3 is 9.29 Å². The Labute approximate surface area is 164 Å². The molecule has 0 spiro atoms. The predicted octanol–water partition coefficient (Wildman–Crippen LogP) is 4.73. The molecule has 1 heterocycles. The van der Waals surface area contributed by atoms with Gasteiger partial charge in [-0.15, -0.1) is 0 Å². The number of aromatic nitrogens is 1. The van der Waals surface area contributed by atoms with Gasteiger partial charge >= 0.3 is 6.09 Å². The highest BCUT2D eigenvalue weighted by Crippen LogP contribution is 2.31. The fraction of sp³-hybridized carbons (Fsp3) is 0.550. The van der Waals surface area contributed by atoms with Crippen molar-refractivity contribution in [1.29, 1.82) is 0 Å². The van der Waals surface area contributed by atoms with Crippen molar-refractivity contribution in [3.63, 3.8) is 0 Å². The van der Waals surface area contributed by atoms with E-state index in [4.69, 9.17) is 4.74 Å². The molecular weight excluding hydrogens is 362 g/mol. The van der Waals surface area contributed by atoms with Gasteiger partial charge in [0, 0.05) is 5.56 Å². The summed E-state index contributed by atoms with van der Waals surface area (Å²) in [5, 5.41) is 2.63. The molecule has 1 aliphatic carbocycles. The molecule has 1 fully saturated rings. The Morgan fingerprint density at radius 3 is 2.52 bits per heavy atom. The normalized spacial score (nSPS) is 16.7. The molecule has 1 aliphatic rings. The Hall–Kier alpha value is -1.86. The van der Waals surface area contributed by atoms with Crippen LogP contribution in [0, 0.1) is 5.92 Å². The number of amides is 1. The van der Waals surface area contributed by atoms with Crippen LogP contribution in [0.3, 0.4) is 0 Å². The lowest BCUT2D eigenvalue weighted by Crippen LogP contribution is -2.27. The molecule has 1 unspecified atom stereocenters. The number of nitrogens with one attached hydrogen (secondary N) is 1. The summed E-state index contributed by atoms with van der Waals surface area (Å²) in [5.74, 6) is 0.980. The van der Waals surface area contributed by atoms with E-state index in [1.807, 2.05) is 32.9 Å². The summed E-state index contributed by atoms with van der Waals surface area (Å²) in [5.41, 5.74) is 0.828. The molecule has 1 saturated carbocycles. The van der Waals surface area contributed by atoms with Gasteiger partial charge in [-0.3, -0.25) is 5.32 Å². The minimum absolute atomic E-state index is 0.357. The second kappa shape index (κ2) is 8.44. The van der Waals surface area contributed by atoms with E-state index < -0.39 is 27.8 Å². The highest BCUT2D eigenvalue weighted by molar-refractivity contribution is 7.91. The minimum Gasteiger partial charge on any atom is -0.591 e. The third-order valence-electron chi connectivity index (χ3n) is 3.55. The van der Waals surface area contributed by atoms with Crippen LogP contribution < -0.4 is 5.32 Å². The van der Waals surface area contributed by atoms with Crippen LogP contribution in [0.2, 0.25) is 0 Å². The number of ether oxygens (including phenoxy) is 1. The number of allylic oxidation sites excluding steroid dienone is 1. The summed E-state index contributed by atoms with van der Waals surface area (Å²) >= 11 is -1.38. The minimum atomic E-state index is -1.38. The number of carbonyl (C=O) groups excluding carboxylic acids is 1. The second-order valence-electron chi connectivity index (χ2n) is 8.59. The number of hydrogen-bond donors (Lipinski definition) is 1. The van der Waals surface area contributed by atoms with Crippen LogP contribution in [-0.2, 0) is 16.1 Å². The van der Waals surface area contributed by atoms with Crippen molar-refractivity contribution in [1.82, 2.24) is 4.98 Å². The van der Waals surface area contributed by atoms with Gasteiger partial charge in [0.2, 0.25) is 0 Å². The molecule has 6 nitrogen and oxygen atoms in total. The third kappa shape index (κ3) is 7.72. The zero-order valence-corrected chi connectivity index (χ0v) is 17.7. The van der Waals surface area contributed by atoms with Gasteiger partial charge in [0.05, 0.1) is 5.69 Å². The van der Waals surface area contributed by atoms with E-state index in [1.165, 1.54) is 19.1 Å². The quantitative estimate of drug-likeness (QED) is 0.580. The van der Waals surface area contributed by atoms with Crippen LogP contribution >= 0.6 is 0 Å². The van der Waals surface area contributed by atoms with E-state index in [-0.39, 0.29) is 0 Å². The molecule has 1 amide bonds. The first-order valence-electron chi connectivity index (χ1n) is 9.09. The standard InChI is InChI=1S/C20H29N3O3S/c1-19(2,3)26-18(24)23-17-12-11-15(10-9-14-7-8-14)16(22-17)13-21-27(25)20(4,5)6/h9-14H,7-8H2,1-6H3,(H,22,23,24)/b10-9+,21-13?. The van der Waals surface area contributed by atoms with E-state index >= 15 is 0 Å². The van der Waals surface area contributed by atoms with Crippen LogP contribution in [0.15, 0.2) is 22.6 Å². The molecule has 0 aromatic carbocycles. The third-order valence-corrected chi connectivity index (χ3v) is 4.90. The maximum absolute atomic E-state index is 12.2. The van der Waals surface area contributed by atoms with Gasteiger partial charge in [-0.25, -0.2) is 9.78 Å². The highest BCUT2D eigenvalue weighted by Gasteiger charge is 2.26. The van der Waals surface area contributed by atoms with Crippen LogP contribution in [0.4, 0.5) is 10.6 Å². The van der Waals surface area contributed by atoms with Crippen LogP contribution in [-0.4, -0.2) is 32.2 Å². The van der Waals surface area contributed by atoms with Crippen molar-refractivity contribution < 1.29 is 14.1 Å². The SMILES string of the molecule is CC(C)(C)OC(=O)Nc1ccc(/C=C/C2CC2)c(C=N[S+]([O-])C(C)(C)C)n1. The zero-order chi connectivity index (χ0) is 20.2. The number of rotatable bonds is 5. The van der Waals surface area contributed by atoms with Gasteiger partial charge in [0.25, 0.3) is 0 Å². The summed E-state index contributed by atoms with van der Waals surface area (Å²) < 4.78 is 21.2. The Kier molecular flexibility index (Phi) is 6.70. The maximum atomic E-state index is 12.2. The van der Waals surface area contributed by atoms with Crippen molar-refractivity contribution >= 4 is 35.6 Å². The molecule has 27 heavy (non-hydrogen) atoms. The number of pyridine rings is 1. The smallest absolute Gasteiger partial charge is 0.413 e. The van der Waals surface area contributed by atoms with Crippen molar-refractivity contribution in [3.05, 3.63) is 29.5 Å². The molecule has 1 aromatic rings. The van der Waals surface area contributed by atoms with E-state index in [2.05, 4.69) is 20.8 Å². The maximum Gasteiger partial charge on any atom is 0.413 e. The fourth-order valence-corrected chi connectivity index (χ4v) is 2.50. The van der Waals surface area contributed by atoms with Crippen LogP contribution in [0.25, 0.3) is 6.08 Å². The molecule has 148 valence electrons. The molecule has 0 radical (unpaired) electrons. The van der Waals surface area contributed by atoms with Crippen molar-refractivity contribution in [3.8, 4) is 0 Å². The summed E-state index contributed by atoms with van der Waals surface area (Å²) in [7, 11) is 0. The fourth-order valence-electron chi connectivity index (χ4n) is 1.99. The summed E-state index contributed by atoms with van der Waals surface area (Å²) in [4.78, 5) is 16.4. The topological polar surface area (TPSA) is 86.6 Å². The largest absolute Gasteiger partial charge is 0.591 e. The molecular formula is C20H29N3O3S. The summed E-state index contributed by atoms with van der Waals surface area (Å²) in [6.07, 6.45) is 7.50. The number of nitrogens with zero attached hydrogens (tertiary/aromatic N) is 2. The average Bonchev–Trinajstić information content (AvgIpc) is 3.33. The van der Waals surface area contributed by atoms with Gasteiger partial charge in [0.1, 0.15) is 33.7 Å². The Morgan fingerprint density at radius 2 is 1.96 bits per heavy atom. The van der Waals surface area contributed by atoms with E-state index in [9.17, 15) is 9.35 Å². The first-order valence-corrected chi connectivity index (χ1v) is 10.2. The van der Waals surface area contributed by atoms with Crippen molar-refractivity contribution in [2.75, 3.05) is 5.32 Å². The first-order chi connectivity index (χ1) is 12.4. The van der Waals surface area contributed by atoms with Gasteiger partial charge in [-0.1, -0.05) is 16.5 Å². The Balaban J connectivity index is 2.23. The van der Waals surface area contributed by atoms with Gasteiger partial charge in [-0.2, -0.15) is 0 Å². The number of anilines is 1. The molecule has 1 N–H and O–H groups in total. The lowest BCUT2D eigenvalue weighted by Gasteiger charge is -2.19. The summed E-state index contributed by atoms with van der Waals surface area (Å²) in [6.45, 7) is 11.0. The van der Waals surface area contributed by atoms with Crippen molar-refractivity contribution in [2.24, 2.45) is 10.3 Å². The highest BCUT2D eigenvalue weighted by atomic mass is 32.2. The monoisotopic (exact) mass is 391 g/mol. The molecule has 1 atom stereocenters. The molecule has 0 aliphatic heterocycles. The lowest BCUT2D eigenvalue weighted by atomic mass is 10.1. The van der Waals surface area contributed by atoms with Crippen LogP contribution in [0.1, 0.15) is 65.6 Å². The molecule has 0 bridgehead atoms. The predicted molar refractivity (Wildman–Crippen MR) is 111 cm³/mol. The van der Waals surface area contributed by atoms with Gasteiger partial charge in [0.15, 0.2) is 0 Å². The molecule has 2 rings (SSSR count).